The highest BCUT2D eigenvalue weighted by Gasteiger charge is 2.03. The summed E-state index contributed by atoms with van der Waals surface area (Å²) in [5, 5.41) is 3.45. The van der Waals surface area contributed by atoms with Gasteiger partial charge in [-0.3, -0.25) is 0 Å². The molecule has 1 aromatic heterocycles. The Balaban J connectivity index is 1.94. The number of hydrogen-bond donors (Lipinski definition) is 1. The van der Waals surface area contributed by atoms with Gasteiger partial charge >= 0.3 is 0 Å². The van der Waals surface area contributed by atoms with Crippen molar-refractivity contribution in [1.29, 1.82) is 0 Å². The standard InChI is InChI=1S/C16H21NOS/c1-12(2)17-10-14-6-7-16(9-13(14)3)19-11-15-5-4-8-18-15/h4-9,12,17H,10-11H2,1-3H3. The van der Waals surface area contributed by atoms with Gasteiger partial charge in [-0.05, 0) is 42.3 Å². The number of nitrogens with one attached hydrogen (secondary N) is 1. The van der Waals surface area contributed by atoms with Crippen LogP contribution in [0.1, 0.15) is 30.7 Å². The van der Waals surface area contributed by atoms with Crippen LogP contribution in [-0.4, -0.2) is 6.04 Å². The molecule has 0 atom stereocenters. The molecule has 0 aliphatic heterocycles. The zero-order chi connectivity index (χ0) is 13.7. The summed E-state index contributed by atoms with van der Waals surface area (Å²) >= 11 is 1.81. The molecule has 1 N–H and O–H groups in total. The minimum atomic E-state index is 0.521. The van der Waals surface area contributed by atoms with E-state index in [9.17, 15) is 0 Å². The second-order valence-corrected chi connectivity index (χ2v) is 6.04. The van der Waals surface area contributed by atoms with Gasteiger partial charge in [0.2, 0.25) is 0 Å². The van der Waals surface area contributed by atoms with Crippen LogP contribution in [0.5, 0.6) is 0 Å². The monoisotopic (exact) mass is 275 g/mol. The average molecular weight is 275 g/mol. The molecule has 1 heterocycles. The topological polar surface area (TPSA) is 25.2 Å². The summed E-state index contributed by atoms with van der Waals surface area (Å²) in [5.74, 6) is 1.91. The second kappa shape index (κ2) is 6.83. The Hall–Kier alpha value is -1.19. The summed E-state index contributed by atoms with van der Waals surface area (Å²) in [5.41, 5.74) is 2.72. The first-order chi connectivity index (χ1) is 9.15. The molecule has 102 valence electrons. The van der Waals surface area contributed by atoms with Crippen molar-refractivity contribution in [1.82, 2.24) is 5.32 Å². The number of rotatable bonds is 6. The van der Waals surface area contributed by atoms with Crippen molar-refractivity contribution in [2.45, 2.75) is 44.0 Å². The van der Waals surface area contributed by atoms with E-state index in [4.69, 9.17) is 4.42 Å². The van der Waals surface area contributed by atoms with Gasteiger partial charge in [-0.1, -0.05) is 19.9 Å². The van der Waals surface area contributed by atoms with E-state index in [2.05, 4.69) is 44.3 Å². The molecule has 3 heteroatoms. The maximum absolute atomic E-state index is 5.34. The predicted molar refractivity (Wildman–Crippen MR) is 81.4 cm³/mol. The quantitative estimate of drug-likeness (QED) is 0.792. The van der Waals surface area contributed by atoms with Gasteiger partial charge in [-0.15, -0.1) is 11.8 Å². The zero-order valence-electron chi connectivity index (χ0n) is 11.8. The normalized spacial score (nSPS) is 11.2. The number of thioether (sulfide) groups is 1. The van der Waals surface area contributed by atoms with E-state index < -0.39 is 0 Å². The van der Waals surface area contributed by atoms with Gasteiger partial charge in [0.25, 0.3) is 0 Å². The number of benzene rings is 1. The first kappa shape index (κ1) is 14.2. The summed E-state index contributed by atoms with van der Waals surface area (Å²) in [6.45, 7) is 7.45. The smallest absolute Gasteiger partial charge is 0.113 e. The summed E-state index contributed by atoms with van der Waals surface area (Å²) < 4.78 is 5.34. The second-order valence-electron chi connectivity index (χ2n) is 4.99. The van der Waals surface area contributed by atoms with Crippen LogP contribution >= 0.6 is 11.8 Å². The highest BCUT2D eigenvalue weighted by Crippen LogP contribution is 2.25. The van der Waals surface area contributed by atoms with Crippen LogP contribution in [0, 0.1) is 6.92 Å². The lowest BCUT2D eigenvalue weighted by atomic mass is 10.1. The van der Waals surface area contributed by atoms with Crippen molar-refractivity contribution in [2.24, 2.45) is 0 Å². The fourth-order valence-electron chi connectivity index (χ4n) is 1.82. The van der Waals surface area contributed by atoms with Crippen molar-refractivity contribution in [3.8, 4) is 0 Å². The first-order valence-electron chi connectivity index (χ1n) is 6.63. The van der Waals surface area contributed by atoms with Gasteiger partial charge in [0.05, 0.1) is 12.0 Å². The van der Waals surface area contributed by atoms with Crippen molar-refractivity contribution in [2.75, 3.05) is 0 Å². The molecule has 0 aliphatic carbocycles. The van der Waals surface area contributed by atoms with Gasteiger partial charge < -0.3 is 9.73 Å². The molecule has 0 aliphatic rings. The molecule has 0 spiro atoms. The summed E-state index contributed by atoms with van der Waals surface area (Å²) in [6, 6.07) is 11.1. The van der Waals surface area contributed by atoms with E-state index in [1.165, 1.54) is 16.0 Å². The zero-order valence-corrected chi connectivity index (χ0v) is 12.6. The molecule has 2 aromatic rings. The van der Waals surface area contributed by atoms with Crippen LogP contribution in [0.15, 0.2) is 45.9 Å². The summed E-state index contributed by atoms with van der Waals surface area (Å²) in [4.78, 5) is 1.29. The van der Waals surface area contributed by atoms with Crippen molar-refractivity contribution in [3.63, 3.8) is 0 Å². The first-order valence-corrected chi connectivity index (χ1v) is 7.62. The molecule has 0 saturated heterocycles. The van der Waals surface area contributed by atoms with E-state index in [0.717, 1.165) is 18.1 Å². The van der Waals surface area contributed by atoms with Crippen molar-refractivity contribution >= 4 is 11.8 Å². The minimum absolute atomic E-state index is 0.521. The lowest BCUT2D eigenvalue weighted by Crippen LogP contribution is -2.22. The third-order valence-corrected chi connectivity index (χ3v) is 3.99. The van der Waals surface area contributed by atoms with Gasteiger partial charge in [0, 0.05) is 17.5 Å². The van der Waals surface area contributed by atoms with Crippen molar-refractivity contribution in [3.05, 3.63) is 53.5 Å². The van der Waals surface area contributed by atoms with Crippen LogP contribution in [0.2, 0.25) is 0 Å². The molecular formula is C16H21NOS. The average Bonchev–Trinajstić information content (AvgIpc) is 2.88. The van der Waals surface area contributed by atoms with E-state index in [-0.39, 0.29) is 0 Å². The van der Waals surface area contributed by atoms with Gasteiger partial charge in [0.1, 0.15) is 5.76 Å². The van der Waals surface area contributed by atoms with Crippen LogP contribution in [0.4, 0.5) is 0 Å². The van der Waals surface area contributed by atoms with E-state index in [1.54, 1.807) is 6.26 Å². The van der Waals surface area contributed by atoms with Gasteiger partial charge in [0.15, 0.2) is 0 Å². The molecule has 0 saturated carbocycles. The van der Waals surface area contributed by atoms with Crippen LogP contribution in [-0.2, 0) is 12.3 Å². The maximum atomic E-state index is 5.34. The highest BCUT2D eigenvalue weighted by molar-refractivity contribution is 7.98. The van der Waals surface area contributed by atoms with Crippen molar-refractivity contribution < 1.29 is 4.42 Å². The molecule has 2 rings (SSSR count). The number of furan rings is 1. The largest absolute Gasteiger partial charge is 0.468 e. The van der Waals surface area contributed by atoms with Gasteiger partial charge in [-0.25, -0.2) is 0 Å². The van der Waals surface area contributed by atoms with E-state index in [0.29, 0.717) is 6.04 Å². The van der Waals surface area contributed by atoms with E-state index >= 15 is 0 Å². The molecule has 0 radical (unpaired) electrons. The molecule has 0 amide bonds. The Morgan fingerprint density at radius 3 is 2.74 bits per heavy atom. The predicted octanol–water partition coefficient (Wildman–Crippen LogP) is 4.38. The molecule has 0 unspecified atom stereocenters. The fraction of sp³-hybridized carbons (Fsp3) is 0.375. The fourth-order valence-corrected chi connectivity index (χ4v) is 2.72. The Kier molecular flexibility index (Phi) is 5.11. The van der Waals surface area contributed by atoms with E-state index in [1.807, 2.05) is 23.9 Å². The third kappa shape index (κ3) is 4.44. The molecule has 0 fully saturated rings. The Morgan fingerprint density at radius 2 is 2.11 bits per heavy atom. The van der Waals surface area contributed by atoms with Gasteiger partial charge in [-0.2, -0.15) is 0 Å². The molecule has 2 nitrogen and oxygen atoms in total. The third-order valence-electron chi connectivity index (χ3n) is 2.98. The Labute approximate surface area is 119 Å². The molecule has 0 bridgehead atoms. The number of aryl methyl sites for hydroxylation is 1. The lowest BCUT2D eigenvalue weighted by molar-refractivity contribution is 0.530. The summed E-state index contributed by atoms with van der Waals surface area (Å²) in [6.07, 6.45) is 1.72. The highest BCUT2D eigenvalue weighted by atomic mass is 32.2. The molecule has 1 aromatic carbocycles. The van der Waals surface area contributed by atoms with Crippen LogP contribution in [0.3, 0.4) is 0 Å². The number of hydrogen-bond acceptors (Lipinski definition) is 3. The molecule has 19 heavy (non-hydrogen) atoms. The summed E-state index contributed by atoms with van der Waals surface area (Å²) in [7, 11) is 0. The van der Waals surface area contributed by atoms with Crippen LogP contribution < -0.4 is 5.32 Å². The van der Waals surface area contributed by atoms with Crippen LogP contribution in [0.25, 0.3) is 0 Å². The molecular weight excluding hydrogens is 254 g/mol. The lowest BCUT2D eigenvalue weighted by Gasteiger charge is -2.11. The SMILES string of the molecule is Cc1cc(SCc2ccco2)ccc1CNC(C)C. The Morgan fingerprint density at radius 1 is 1.26 bits per heavy atom. The Bertz CT molecular complexity index is 505. The minimum Gasteiger partial charge on any atom is -0.468 e. The maximum Gasteiger partial charge on any atom is 0.113 e.